The van der Waals surface area contributed by atoms with Crippen molar-refractivity contribution in [1.29, 1.82) is 0 Å². The van der Waals surface area contributed by atoms with Gasteiger partial charge in [-0.3, -0.25) is 13.9 Å². The van der Waals surface area contributed by atoms with Gasteiger partial charge in [-0.05, 0) is 132 Å². The summed E-state index contributed by atoms with van der Waals surface area (Å²) in [6.45, 7) is 20.9. The number of fused-ring (bicyclic) bond motifs is 1. The number of aromatic nitrogens is 3. The number of rotatable bonds is 11. The van der Waals surface area contributed by atoms with Gasteiger partial charge in [-0.15, -0.1) is 0 Å². The molecule has 0 saturated heterocycles. The Bertz CT molecular complexity index is 2290. The summed E-state index contributed by atoms with van der Waals surface area (Å²) < 4.78 is 51.9. The van der Waals surface area contributed by atoms with Crippen molar-refractivity contribution in [2.24, 2.45) is 0 Å². The first-order chi connectivity index (χ1) is 27.9. The average Bonchev–Trinajstić information content (AvgIpc) is 3.51. The molecule has 2 aromatic heterocycles. The van der Waals surface area contributed by atoms with Crippen molar-refractivity contribution in [1.82, 2.24) is 19.4 Å². The van der Waals surface area contributed by atoms with E-state index in [2.05, 4.69) is 14.7 Å². The van der Waals surface area contributed by atoms with E-state index in [-0.39, 0.29) is 45.3 Å². The van der Waals surface area contributed by atoms with Crippen LogP contribution in [0, 0.1) is 0 Å². The van der Waals surface area contributed by atoms with Gasteiger partial charge in [-0.1, -0.05) is 23.2 Å². The minimum absolute atomic E-state index is 0.0102. The van der Waals surface area contributed by atoms with Gasteiger partial charge in [-0.2, -0.15) is 4.98 Å². The molecule has 0 saturated carbocycles. The number of sulfonamides is 1. The molecule has 334 valence electrons. The lowest BCUT2D eigenvalue weighted by molar-refractivity contribution is -0.152. The molecule has 4 rings (SSSR count). The lowest BCUT2D eigenvalue weighted by Crippen LogP contribution is -2.44. The smallest absolute Gasteiger partial charge is 0.417 e. The molecule has 0 unspecified atom stereocenters. The molecule has 0 spiro atoms. The van der Waals surface area contributed by atoms with Gasteiger partial charge in [0.15, 0.2) is 0 Å². The maximum atomic E-state index is 14.0. The SMILES string of the molecule is CC(C)(C)OC=O.CN(CCN(C(=O)OC(C)(C)C)c1nccc(-n2ccc3cc(N(CC(=O)OC(C)(C)C)S(=O)(=O)c4cc(Cl)cc(Cl)c4)ccc32)n1)C(=O)OC(C)(C)C. The van der Waals surface area contributed by atoms with Gasteiger partial charge >= 0.3 is 18.2 Å². The van der Waals surface area contributed by atoms with Gasteiger partial charge in [0.25, 0.3) is 16.5 Å². The Morgan fingerprint density at radius 2 is 1.33 bits per heavy atom. The third-order valence-corrected chi connectivity index (χ3v) is 9.76. The number of esters is 1. The highest BCUT2D eigenvalue weighted by Gasteiger charge is 2.31. The Kier molecular flexibility index (Phi) is 16.2. The molecule has 0 fully saturated rings. The Morgan fingerprint density at radius 3 is 1.85 bits per heavy atom. The second-order valence-corrected chi connectivity index (χ2v) is 20.4. The summed E-state index contributed by atoms with van der Waals surface area (Å²) in [4.78, 5) is 60.1. The van der Waals surface area contributed by atoms with Crippen LogP contribution in [0.2, 0.25) is 10.0 Å². The summed E-state index contributed by atoms with van der Waals surface area (Å²) in [5.74, 6) is -0.367. The monoisotopic (exact) mass is 906 g/mol. The zero-order chi connectivity index (χ0) is 46.3. The molecule has 0 atom stereocenters. The highest BCUT2D eigenvalue weighted by atomic mass is 35.5. The van der Waals surface area contributed by atoms with E-state index in [0.717, 1.165) is 4.31 Å². The summed E-state index contributed by atoms with van der Waals surface area (Å²) in [6, 6.07) is 12.1. The van der Waals surface area contributed by atoms with Crippen molar-refractivity contribution in [2.75, 3.05) is 35.9 Å². The molecule has 16 nitrogen and oxygen atoms in total. The molecule has 0 aliphatic rings. The maximum absolute atomic E-state index is 14.0. The molecule has 0 aliphatic heterocycles. The maximum Gasteiger partial charge on any atom is 0.417 e. The fraction of sp³-hybridized carbons (Fsp3) is 0.476. The second-order valence-electron chi connectivity index (χ2n) is 17.7. The molecule has 0 bridgehead atoms. The number of hydrogen-bond acceptors (Lipinski definition) is 12. The zero-order valence-electron chi connectivity index (χ0n) is 36.9. The van der Waals surface area contributed by atoms with E-state index in [1.807, 2.05) is 20.8 Å². The molecule has 4 aromatic rings. The van der Waals surface area contributed by atoms with Gasteiger partial charge in [0.1, 0.15) is 34.8 Å². The van der Waals surface area contributed by atoms with Crippen LogP contribution >= 0.6 is 23.2 Å². The van der Waals surface area contributed by atoms with E-state index in [1.54, 1.807) is 110 Å². The summed E-state index contributed by atoms with van der Waals surface area (Å²) in [6.07, 6.45) is 1.93. The first-order valence-corrected chi connectivity index (χ1v) is 21.3. The van der Waals surface area contributed by atoms with Crippen molar-refractivity contribution in [3.8, 4) is 5.82 Å². The third kappa shape index (κ3) is 15.7. The lowest BCUT2D eigenvalue weighted by atomic mass is 10.2. The number of likely N-dealkylation sites (N-methyl/N-ethyl adjacent to an activating group) is 1. The first-order valence-electron chi connectivity index (χ1n) is 19.1. The number of halogens is 2. The van der Waals surface area contributed by atoms with Crippen LogP contribution in [-0.4, -0.2) is 102 Å². The number of amides is 2. The Balaban J connectivity index is 0.00000130. The van der Waals surface area contributed by atoms with Gasteiger partial charge in [-0.25, -0.2) is 27.9 Å². The van der Waals surface area contributed by atoms with Crippen molar-refractivity contribution in [3.63, 3.8) is 0 Å². The van der Waals surface area contributed by atoms with E-state index in [9.17, 15) is 27.6 Å². The number of benzene rings is 2. The van der Waals surface area contributed by atoms with Gasteiger partial charge < -0.3 is 28.4 Å². The minimum Gasteiger partial charge on any atom is -0.462 e. The van der Waals surface area contributed by atoms with Crippen molar-refractivity contribution < 1.29 is 46.5 Å². The molecule has 2 heterocycles. The molecule has 0 radical (unpaired) electrons. The number of hydrogen-bond donors (Lipinski definition) is 0. The normalized spacial score (nSPS) is 12.1. The Labute approximate surface area is 368 Å². The van der Waals surface area contributed by atoms with Gasteiger partial charge in [0.05, 0.1) is 22.6 Å². The van der Waals surface area contributed by atoms with Gasteiger partial charge in [0, 0.05) is 41.4 Å². The highest BCUT2D eigenvalue weighted by molar-refractivity contribution is 7.92. The topological polar surface area (TPSA) is 180 Å². The molecular weight excluding hydrogens is 851 g/mol. The fourth-order valence-corrected chi connectivity index (χ4v) is 7.24. The zero-order valence-corrected chi connectivity index (χ0v) is 39.2. The van der Waals surface area contributed by atoms with E-state index in [0.29, 0.717) is 23.2 Å². The van der Waals surface area contributed by atoms with Crippen LogP contribution in [0.4, 0.5) is 21.2 Å². The predicted octanol–water partition coefficient (Wildman–Crippen LogP) is 8.83. The summed E-state index contributed by atoms with van der Waals surface area (Å²) >= 11 is 12.3. The second kappa shape index (κ2) is 19.7. The van der Waals surface area contributed by atoms with Gasteiger partial charge in [0.2, 0.25) is 5.95 Å². The molecule has 2 amide bonds. The number of nitrogens with zero attached hydrogens (tertiary/aromatic N) is 6. The molecule has 19 heteroatoms. The van der Waals surface area contributed by atoms with E-state index < -0.39 is 51.5 Å². The lowest BCUT2D eigenvalue weighted by Gasteiger charge is -2.29. The molecule has 61 heavy (non-hydrogen) atoms. The van der Waals surface area contributed by atoms with Crippen LogP contribution in [0.25, 0.3) is 16.7 Å². The average molecular weight is 908 g/mol. The van der Waals surface area contributed by atoms with Crippen LogP contribution in [0.15, 0.2) is 65.8 Å². The summed E-state index contributed by atoms with van der Waals surface area (Å²) in [5, 5.41) is 0.815. The minimum atomic E-state index is -4.37. The standard InChI is InChI=1S/C37H46Cl2N6O8S.C5H10O2/c1-35(2,3)51-31(46)23-45(54(49,50)28-21-25(38)20-26(39)22-28)27-11-12-29-24(19-27)14-16-43(29)30-13-15-40-32(41-30)44(34(48)53-37(7,8)9)18-17-42(10)33(47)52-36(4,5)6;1-5(2,3)7-4-6/h11-16,19-22H,17-18,23H2,1-10H3;4H,1-3H3. The third-order valence-electron chi connectivity index (χ3n) is 7.57. The molecule has 0 aliphatic carbocycles. The summed E-state index contributed by atoms with van der Waals surface area (Å²) in [7, 11) is -2.81. The number of carbonyl (C=O) groups is 4. The van der Waals surface area contributed by atoms with E-state index >= 15 is 0 Å². The van der Waals surface area contributed by atoms with E-state index in [1.165, 1.54) is 34.2 Å². The van der Waals surface area contributed by atoms with Crippen LogP contribution in [-0.2, 0) is 38.6 Å². The van der Waals surface area contributed by atoms with Crippen LogP contribution in [0.1, 0.15) is 83.1 Å². The van der Waals surface area contributed by atoms with Crippen molar-refractivity contribution >= 4 is 80.4 Å². The number of ether oxygens (including phenoxy) is 4. The summed E-state index contributed by atoms with van der Waals surface area (Å²) in [5.41, 5.74) is -1.92. The van der Waals surface area contributed by atoms with Crippen LogP contribution < -0.4 is 9.21 Å². The number of carbonyl (C=O) groups excluding carboxylic acids is 4. The van der Waals surface area contributed by atoms with Crippen LogP contribution in [0.5, 0.6) is 0 Å². The van der Waals surface area contributed by atoms with Crippen molar-refractivity contribution in [2.45, 2.75) is 110 Å². The Hall–Kier alpha value is -5.13. The first kappa shape index (κ1) is 50.2. The van der Waals surface area contributed by atoms with Crippen LogP contribution in [0.3, 0.4) is 0 Å². The Morgan fingerprint density at radius 1 is 0.754 bits per heavy atom. The van der Waals surface area contributed by atoms with Crippen molar-refractivity contribution in [3.05, 3.63) is 71.0 Å². The largest absolute Gasteiger partial charge is 0.462 e. The highest BCUT2D eigenvalue weighted by Crippen LogP contribution is 2.32. The fourth-order valence-electron chi connectivity index (χ4n) is 5.11. The molecular formula is C42H56Cl2N6O10S. The predicted molar refractivity (Wildman–Crippen MR) is 235 cm³/mol. The number of anilines is 2. The molecule has 0 N–H and O–H groups in total. The van der Waals surface area contributed by atoms with E-state index in [4.69, 9.17) is 37.4 Å². The molecule has 2 aromatic carbocycles. The quantitative estimate of drug-likeness (QED) is 0.0794.